The van der Waals surface area contributed by atoms with Gasteiger partial charge in [0.2, 0.25) is 5.91 Å². The van der Waals surface area contributed by atoms with E-state index < -0.39 is 6.61 Å². The Morgan fingerprint density at radius 3 is 2.68 bits per heavy atom. The predicted octanol–water partition coefficient (Wildman–Crippen LogP) is 3.12. The van der Waals surface area contributed by atoms with Crippen LogP contribution in [0, 0.1) is 0 Å². The van der Waals surface area contributed by atoms with E-state index in [4.69, 9.17) is 4.74 Å². The lowest BCUT2D eigenvalue weighted by atomic mass is 10.2. The normalized spacial score (nSPS) is 10.4. The maximum atomic E-state index is 12.4. The topological polar surface area (TPSA) is 76.7 Å². The summed E-state index contributed by atoms with van der Waals surface area (Å²) in [5.41, 5.74) is 0.283. The summed E-state index contributed by atoms with van der Waals surface area (Å²) in [4.78, 5) is 24.2. The summed E-state index contributed by atoms with van der Waals surface area (Å²) in [6, 6.07) is 7.59. The van der Waals surface area contributed by atoms with Gasteiger partial charge < -0.3 is 20.1 Å². The summed E-state index contributed by atoms with van der Waals surface area (Å²) in [7, 11) is 1.32. The monoisotopic (exact) mass is 370 g/mol. The van der Waals surface area contributed by atoms with E-state index in [0.29, 0.717) is 4.88 Å². The van der Waals surface area contributed by atoms with Gasteiger partial charge in [-0.2, -0.15) is 8.78 Å². The molecule has 0 aliphatic heterocycles. The Morgan fingerprint density at radius 2 is 2.04 bits per heavy atom. The van der Waals surface area contributed by atoms with Crippen molar-refractivity contribution >= 4 is 28.8 Å². The number of hydrogen-bond donors (Lipinski definition) is 2. The van der Waals surface area contributed by atoms with Gasteiger partial charge in [0.25, 0.3) is 5.91 Å². The molecule has 2 N–H and O–H groups in total. The molecule has 25 heavy (non-hydrogen) atoms. The molecular weight excluding hydrogens is 354 g/mol. The number of ether oxygens (including phenoxy) is 2. The Bertz CT molecular complexity index is 723. The van der Waals surface area contributed by atoms with Gasteiger partial charge in [-0.15, -0.1) is 11.3 Å². The average molecular weight is 370 g/mol. The largest absolute Gasteiger partial charge is 0.493 e. The first-order valence-electron chi connectivity index (χ1n) is 7.24. The first kappa shape index (κ1) is 18.7. The number of rotatable bonds is 8. The lowest BCUT2D eigenvalue weighted by Gasteiger charge is -2.12. The van der Waals surface area contributed by atoms with Crippen molar-refractivity contribution in [1.82, 2.24) is 5.32 Å². The minimum atomic E-state index is -3.01. The molecule has 0 fully saturated rings. The van der Waals surface area contributed by atoms with Crippen molar-refractivity contribution in [3.8, 4) is 11.5 Å². The number of halogens is 2. The second-order valence-electron chi connectivity index (χ2n) is 4.78. The number of carbonyl (C=O) groups is 2. The summed E-state index contributed by atoms with van der Waals surface area (Å²) in [6.07, 6.45) is 0.0359. The van der Waals surface area contributed by atoms with Gasteiger partial charge in [0.15, 0.2) is 11.5 Å². The van der Waals surface area contributed by atoms with Gasteiger partial charge in [-0.05, 0) is 23.6 Å². The number of methoxy groups -OCH3 is 1. The summed E-state index contributed by atoms with van der Waals surface area (Å²) in [6.45, 7) is -2.86. The van der Waals surface area contributed by atoms with E-state index in [1.807, 2.05) is 0 Å². The number of amides is 2. The first-order valence-corrected chi connectivity index (χ1v) is 8.12. The van der Waals surface area contributed by atoms with Crippen LogP contribution in [0.5, 0.6) is 11.5 Å². The molecule has 1 heterocycles. The molecule has 1 aromatic heterocycles. The molecule has 2 rings (SSSR count). The van der Waals surface area contributed by atoms with Crippen LogP contribution < -0.4 is 20.1 Å². The zero-order chi connectivity index (χ0) is 18.2. The fourth-order valence-corrected chi connectivity index (χ4v) is 2.59. The van der Waals surface area contributed by atoms with Crippen LogP contribution in [0.3, 0.4) is 0 Å². The van der Waals surface area contributed by atoms with Crippen molar-refractivity contribution in [3.63, 3.8) is 0 Å². The standard InChI is InChI=1S/C16H16F2N2O4S/c1-23-11-5-4-10(9-12(11)24-16(17)18)20-14(21)6-7-19-15(22)13-3-2-8-25-13/h2-5,8-9,16H,6-7H2,1H3,(H,19,22)(H,20,21). The zero-order valence-electron chi connectivity index (χ0n) is 13.3. The highest BCUT2D eigenvalue weighted by atomic mass is 32.1. The maximum Gasteiger partial charge on any atom is 0.387 e. The molecule has 1 aromatic carbocycles. The molecule has 0 bridgehead atoms. The van der Waals surface area contributed by atoms with Crippen molar-refractivity contribution in [2.24, 2.45) is 0 Å². The van der Waals surface area contributed by atoms with Gasteiger partial charge in [0, 0.05) is 24.7 Å². The number of alkyl halides is 2. The summed E-state index contributed by atoms with van der Waals surface area (Å²) in [5.74, 6) is -0.678. The van der Waals surface area contributed by atoms with Crippen molar-refractivity contribution < 1.29 is 27.8 Å². The third kappa shape index (κ3) is 5.71. The number of anilines is 1. The van der Waals surface area contributed by atoms with E-state index in [0.717, 1.165) is 0 Å². The molecule has 2 aromatic rings. The summed E-state index contributed by atoms with van der Waals surface area (Å²) in [5, 5.41) is 6.95. The third-order valence-electron chi connectivity index (χ3n) is 3.05. The number of benzene rings is 1. The smallest absolute Gasteiger partial charge is 0.387 e. The van der Waals surface area contributed by atoms with Crippen molar-refractivity contribution in [2.75, 3.05) is 19.0 Å². The van der Waals surface area contributed by atoms with Crippen molar-refractivity contribution in [3.05, 3.63) is 40.6 Å². The molecule has 2 amide bonds. The van der Waals surface area contributed by atoms with Crippen LogP contribution in [0.15, 0.2) is 35.7 Å². The van der Waals surface area contributed by atoms with E-state index in [9.17, 15) is 18.4 Å². The lowest BCUT2D eigenvalue weighted by molar-refractivity contribution is -0.116. The number of thiophene rings is 1. The van der Waals surface area contributed by atoms with Crippen LogP contribution >= 0.6 is 11.3 Å². The Balaban J connectivity index is 1.86. The number of hydrogen-bond acceptors (Lipinski definition) is 5. The zero-order valence-corrected chi connectivity index (χ0v) is 14.1. The average Bonchev–Trinajstić information content (AvgIpc) is 3.09. The molecule has 6 nitrogen and oxygen atoms in total. The lowest BCUT2D eigenvalue weighted by Crippen LogP contribution is -2.27. The molecular formula is C16H16F2N2O4S. The van der Waals surface area contributed by atoms with Crippen molar-refractivity contribution in [2.45, 2.75) is 13.0 Å². The van der Waals surface area contributed by atoms with Gasteiger partial charge in [0.05, 0.1) is 12.0 Å². The Labute approximate surface area is 146 Å². The van der Waals surface area contributed by atoms with Gasteiger partial charge in [-0.25, -0.2) is 0 Å². The molecule has 9 heteroatoms. The highest BCUT2D eigenvalue weighted by Gasteiger charge is 2.13. The Hall–Kier alpha value is -2.68. The molecule has 0 aliphatic carbocycles. The quantitative estimate of drug-likeness (QED) is 0.749. The summed E-state index contributed by atoms with van der Waals surface area (Å²) < 4.78 is 34.0. The van der Waals surface area contributed by atoms with Gasteiger partial charge in [0.1, 0.15) is 0 Å². The second kappa shape index (κ2) is 8.97. The Morgan fingerprint density at radius 1 is 1.24 bits per heavy atom. The van der Waals surface area contributed by atoms with Gasteiger partial charge in [-0.3, -0.25) is 9.59 Å². The van der Waals surface area contributed by atoms with Crippen molar-refractivity contribution in [1.29, 1.82) is 0 Å². The highest BCUT2D eigenvalue weighted by Crippen LogP contribution is 2.31. The summed E-state index contributed by atoms with van der Waals surface area (Å²) >= 11 is 1.30. The molecule has 0 saturated heterocycles. The Kier molecular flexibility index (Phi) is 6.70. The number of carbonyl (C=O) groups excluding carboxylic acids is 2. The fourth-order valence-electron chi connectivity index (χ4n) is 1.95. The van der Waals surface area contributed by atoms with E-state index >= 15 is 0 Å². The van der Waals surface area contributed by atoms with Crippen LogP contribution in [-0.2, 0) is 4.79 Å². The molecule has 0 aliphatic rings. The highest BCUT2D eigenvalue weighted by molar-refractivity contribution is 7.12. The predicted molar refractivity (Wildman–Crippen MR) is 89.5 cm³/mol. The molecule has 0 atom stereocenters. The third-order valence-corrected chi connectivity index (χ3v) is 3.91. The van der Waals surface area contributed by atoms with E-state index in [1.54, 1.807) is 17.5 Å². The number of nitrogens with one attached hydrogen (secondary N) is 2. The van der Waals surface area contributed by atoms with Crippen LogP contribution in [-0.4, -0.2) is 32.1 Å². The fraction of sp³-hybridized carbons (Fsp3) is 0.250. The second-order valence-corrected chi connectivity index (χ2v) is 5.72. The van der Waals surface area contributed by atoms with Crippen LogP contribution in [0.1, 0.15) is 16.1 Å². The minimum absolute atomic E-state index is 0.0359. The van der Waals surface area contributed by atoms with E-state index in [-0.39, 0.29) is 42.0 Å². The van der Waals surface area contributed by atoms with Crippen LogP contribution in [0.25, 0.3) is 0 Å². The van der Waals surface area contributed by atoms with Crippen LogP contribution in [0.4, 0.5) is 14.5 Å². The molecule has 134 valence electrons. The molecule has 0 spiro atoms. The first-order chi connectivity index (χ1) is 12.0. The minimum Gasteiger partial charge on any atom is -0.493 e. The molecule has 0 unspecified atom stereocenters. The van der Waals surface area contributed by atoms with Gasteiger partial charge >= 0.3 is 6.61 Å². The molecule has 0 radical (unpaired) electrons. The SMILES string of the molecule is COc1ccc(NC(=O)CCNC(=O)c2cccs2)cc1OC(F)F. The molecule has 0 saturated carbocycles. The maximum absolute atomic E-state index is 12.4. The van der Waals surface area contributed by atoms with E-state index in [2.05, 4.69) is 15.4 Å². The van der Waals surface area contributed by atoms with Gasteiger partial charge in [-0.1, -0.05) is 6.07 Å². The van der Waals surface area contributed by atoms with Crippen LogP contribution in [0.2, 0.25) is 0 Å². The van der Waals surface area contributed by atoms with E-state index in [1.165, 1.54) is 36.6 Å².